The molecule has 1 unspecified atom stereocenters. The number of aliphatic hydroxyl groups excluding tert-OH is 1. The molecule has 1 N–H and O–H groups in total. The van der Waals surface area contributed by atoms with Gasteiger partial charge in [0.05, 0.1) is 5.52 Å². The molecule has 1 aromatic carbocycles. The molecule has 3 heteroatoms. The lowest BCUT2D eigenvalue weighted by molar-refractivity contribution is 0.221. The summed E-state index contributed by atoms with van der Waals surface area (Å²) in [5.41, 5.74) is 2.38. The summed E-state index contributed by atoms with van der Waals surface area (Å²) in [4.78, 5) is 8.49. The van der Waals surface area contributed by atoms with Gasteiger partial charge < -0.3 is 5.11 Å². The van der Waals surface area contributed by atoms with Crippen LogP contribution in [0, 0.1) is 0 Å². The molecule has 0 bridgehead atoms. The van der Waals surface area contributed by atoms with Crippen molar-refractivity contribution in [2.45, 2.75) is 6.10 Å². The zero-order chi connectivity index (χ0) is 12.4. The van der Waals surface area contributed by atoms with Crippen LogP contribution in [0.5, 0.6) is 0 Å². The average Bonchev–Trinajstić information content (AvgIpc) is 2.47. The maximum atomic E-state index is 10.4. The predicted octanol–water partition coefficient (Wildman–Crippen LogP) is 2.71. The van der Waals surface area contributed by atoms with Gasteiger partial charge in [0.2, 0.25) is 0 Å². The van der Waals surface area contributed by atoms with E-state index in [2.05, 4.69) is 9.97 Å². The lowest BCUT2D eigenvalue weighted by atomic mass is 10.0. The zero-order valence-electron chi connectivity index (χ0n) is 9.69. The van der Waals surface area contributed by atoms with Gasteiger partial charge in [0.1, 0.15) is 6.10 Å². The Morgan fingerprint density at radius 3 is 2.61 bits per heavy atom. The normalized spacial score (nSPS) is 12.5. The number of pyridine rings is 2. The molecule has 0 aliphatic rings. The lowest BCUT2D eigenvalue weighted by Crippen LogP contribution is -2.01. The topological polar surface area (TPSA) is 46.0 Å². The van der Waals surface area contributed by atoms with Crippen molar-refractivity contribution in [1.29, 1.82) is 0 Å². The molecule has 18 heavy (non-hydrogen) atoms. The second-order valence-electron chi connectivity index (χ2n) is 4.12. The van der Waals surface area contributed by atoms with Crippen LogP contribution < -0.4 is 0 Å². The van der Waals surface area contributed by atoms with E-state index in [1.54, 1.807) is 18.6 Å². The van der Waals surface area contributed by atoms with Gasteiger partial charge in [-0.15, -0.1) is 0 Å². The van der Waals surface area contributed by atoms with Crippen LogP contribution in [0.4, 0.5) is 0 Å². The van der Waals surface area contributed by atoms with Crippen LogP contribution in [-0.2, 0) is 0 Å². The Morgan fingerprint density at radius 2 is 1.78 bits per heavy atom. The number of aliphatic hydroxyl groups is 1. The van der Waals surface area contributed by atoms with Crippen LogP contribution in [0.1, 0.15) is 17.2 Å². The third-order valence-electron chi connectivity index (χ3n) is 2.95. The quantitative estimate of drug-likeness (QED) is 0.744. The Kier molecular flexibility index (Phi) is 2.74. The molecule has 3 aromatic rings. The van der Waals surface area contributed by atoms with E-state index >= 15 is 0 Å². The molecule has 3 rings (SSSR count). The molecule has 0 saturated carbocycles. The lowest BCUT2D eigenvalue weighted by Gasteiger charge is -2.12. The number of fused-ring (bicyclic) bond motifs is 1. The number of hydrogen-bond acceptors (Lipinski definition) is 3. The van der Waals surface area contributed by atoms with Crippen LogP contribution in [0.25, 0.3) is 10.9 Å². The summed E-state index contributed by atoms with van der Waals surface area (Å²) in [6, 6.07) is 13.3. The smallest absolute Gasteiger partial charge is 0.108 e. The minimum atomic E-state index is -0.697. The summed E-state index contributed by atoms with van der Waals surface area (Å²) in [6.45, 7) is 0. The van der Waals surface area contributed by atoms with Crippen molar-refractivity contribution in [2.75, 3.05) is 0 Å². The van der Waals surface area contributed by atoms with E-state index in [1.807, 2.05) is 42.5 Å². The molecular weight excluding hydrogens is 224 g/mol. The largest absolute Gasteiger partial charge is 0.384 e. The van der Waals surface area contributed by atoms with Crippen LogP contribution in [0.3, 0.4) is 0 Å². The number of benzene rings is 1. The predicted molar refractivity (Wildman–Crippen MR) is 70.0 cm³/mol. The summed E-state index contributed by atoms with van der Waals surface area (Å²) < 4.78 is 0. The fourth-order valence-corrected chi connectivity index (χ4v) is 2.04. The number of hydrogen-bond donors (Lipinski definition) is 1. The first kappa shape index (κ1) is 10.9. The monoisotopic (exact) mass is 236 g/mol. The second-order valence-corrected chi connectivity index (χ2v) is 4.12. The van der Waals surface area contributed by atoms with Gasteiger partial charge in [-0.05, 0) is 17.7 Å². The fraction of sp³-hybridized carbons (Fsp3) is 0.0667. The summed E-state index contributed by atoms with van der Waals surface area (Å²) in [5, 5.41) is 11.3. The molecule has 2 aromatic heterocycles. The molecule has 0 amide bonds. The van der Waals surface area contributed by atoms with Gasteiger partial charge in [0.25, 0.3) is 0 Å². The molecule has 0 aliphatic carbocycles. The van der Waals surface area contributed by atoms with E-state index in [0.717, 1.165) is 22.0 Å². The van der Waals surface area contributed by atoms with Crippen LogP contribution in [-0.4, -0.2) is 15.1 Å². The average molecular weight is 236 g/mol. The molecular formula is C15H12N2O. The maximum absolute atomic E-state index is 10.4. The maximum Gasteiger partial charge on any atom is 0.108 e. The first-order valence-electron chi connectivity index (χ1n) is 5.78. The Bertz CT molecular complexity index is 662. The molecule has 0 fully saturated rings. The van der Waals surface area contributed by atoms with Crippen molar-refractivity contribution in [3.8, 4) is 0 Å². The van der Waals surface area contributed by atoms with Crippen molar-refractivity contribution >= 4 is 10.9 Å². The summed E-state index contributed by atoms with van der Waals surface area (Å²) in [7, 11) is 0. The highest BCUT2D eigenvalue weighted by Gasteiger charge is 2.14. The SMILES string of the molecule is OC(c1ccccc1)c1cncc2cccnc12. The van der Waals surface area contributed by atoms with Crippen molar-refractivity contribution in [3.05, 3.63) is 72.2 Å². The number of aromatic nitrogens is 2. The molecule has 0 spiro atoms. The Labute approximate surface area is 105 Å². The van der Waals surface area contributed by atoms with E-state index in [9.17, 15) is 5.11 Å². The molecule has 3 nitrogen and oxygen atoms in total. The van der Waals surface area contributed by atoms with Crippen LogP contribution in [0.15, 0.2) is 61.1 Å². The van der Waals surface area contributed by atoms with Crippen molar-refractivity contribution in [3.63, 3.8) is 0 Å². The van der Waals surface area contributed by atoms with Gasteiger partial charge in [-0.25, -0.2) is 0 Å². The van der Waals surface area contributed by atoms with Gasteiger partial charge in [-0.2, -0.15) is 0 Å². The van der Waals surface area contributed by atoms with Crippen LogP contribution >= 0.6 is 0 Å². The van der Waals surface area contributed by atoms with E-state index in [0.29, 0.717) is 0 Å². The minimum Gasteiger partial charge on any atom is -0.384 e. The van der Waals surface area contributed by atoms with Crippen LogP contribution in [0.2, 0.25) is 0 Å². The summed E-state index contributed by atoms with van der Waals surface area (Å²) in [5.74, 6) is 0. The second kappa shape index (κ2) is 4.55. The van der Waals surface area contributed by atoms with Gasteiger partial charge in [-0.3, -0.25) is 9.97 Å². The number of nitrogens with zero attached hydrogens (tertiary/aromatic N) is 2. The molecule has 88 valence electrons. The van der Waals surface area contributed by atoms with Gasteiger partial charge in [-0.1, -0.05) is 30.3 Å². The molecule has 2 heterocycles. The van der Waals surface area contributed by atoms with E-state index in [-0.39, 0.29) is 0 Å². The van der Waals surface area contributed by atoms with E-state index in [1.165, 1.54) is 0 Å². The highest BCUT2D eigenvalue weighted by atomic mass is 16.3. The third-order valence-corrected chi connectivity index (χ3v) is 2.95. The first-order valence-corrected chi connectivity index (χ1v) is 5.78. The van der Waals surface area contributed by atoms with Crippen molar-refractivity contribution in [2.24, 2.45) is 0 Å². The first-order chi connectivity index (χ1) is 8.86. The van der Waals surface area contributed by atoms with E-state index in [4.69, 9.17) is 0 Å². The zero-order valence-corrected chi connectivity index (χ0v) is 9.69. The van der Waals surface area contributed by atoms with E-state index < -0.39 is 6.10 Å². The Hall–Kier alpha value is -2.26. The highest BCUT2D eigenvalue weighted by molar-refractivity contribution is 5.81. The Balaban J connectivity index is 2.15. The molecule has 0 saturated heterocycles. The van der Waals surface area contributed by atoms with Crippen molar-refractivity contribution < 1.29 is 5.11 Å². The summed E-state index contributed by atoms with van der Waals surface area (Å²) in [6.07, 6.45) is 4.46. The van der Waals surface area contributed by atoms with Gasteiger partial charge >= 0.3 is 0 Å². The third kappa shape index (κ3) is 1.85. The molecule has 0 radical (unpaired) electrons. The Morgan fingerprint density at radius 1 is 0.944 bits per heavy atom. The molecule has 0 aliphatic heterocycles. The highest BCUT2D eigenvalue weighted by Crippen LogP contribution is 2.26. The van der Waals surface area contributed by atoms with Gasteiger partial charge in [0, 0.05) is 29.5 Å². The summed E-state index contributed by atoms with van der Waals surface area (Å²) >= 11 is 0. The van der Waals surface area contributed by atoms with Gasteiger partial charge in [0.15, 0.2) is 0 Å². The fourth-order valence-electron chi connectivity index (χ4n) is 2.04. The van der Waals surface area contributed by atoms with Crippen molar-refractivity contribution in [1.82, 2.24) is 9.97 Å². The number of rotatable bonds is 2. The minimum absolute atomic E-state index is 0.697. The molecule has 1 atom stereocenters. The standard InChI is InChI=1S/C15H12N2O/c18-15(11-5-2-1-3-6-11)13-10-16-9-12-7-4-8-17-14(12)13/h1-10,15,18H.